The first-order chi connectivity index (χ1) is 8.67. The van der Waals surface area contributed by atoms with E-state index in [9.17, 15) is 14.2 Å². The number of esters is 2. The molecule has 1 fully saturated rings. The van der Waals surface area contributed by atoms with Crippen LogP contribution < -0.4 is 0 Å². The summed E-state index contributed by atoms with van der Waals surface area (Å²) in [5, 5.41) is 0. The molecule has 1 unspecified atom stereocenters. The summed E-state index contributed by atoms with van der Waals surface area (Å²) in [4.78, 5) is 38.9. The zero-order valence-corrected chi connectivity index (χ0v) is 11.2. The smallest absolute Gasteiger partial charge is 0.459 e. The van der Waals surface area contributed by atoms with Gasteiger partial charge in [-0.15, -0.1) is 0 Å². The second kappa shape index (κ2) is 6.44. The van der Waals surface area contributed by atoms with Crippen molar-refractivity contribution in [2.75, 3.05) is 6.61 Å². The normalized spacial score (nSPS) is 27.1. The van der Waals surface area contributed by atoms with Crippen LogP contribution in [0.15, 0.2) is 0 Å². The largest absolute Gasteiger partial charge is 0.469 e. The lowest BCUT2D eigenvalue weighted by molar-refractivity contribution is -0.176. The maximum absolute atomic E-state index is 10.9. The van der Waals surface area contributed by atoms with E-state index in [1.807, 2.05) is 0 Å². The maximum Gasteiger partial charge on any atom is 0.469 e. The summed E-state index contributed by atoms with van der Waals surface area (Å²) in [5.74, 6) is -1.17. The van der Waals surface area contributed by atoms with Crippen LogP contribution in [0, 0.1) is 0 Å². The fourth-order valence-electron chi connectivity index (χ4n) is 1.59. The van der Waals surface area contributed by atoms with Gasteiger partial charge in [-0.05, 0) is 0 Å². The Morgan fingerprint density at radius 2 is 1.84 bits per heavy atom. The monoisotopic (exact) mass is 298 g/mol. The van der Waals surface area contributed by atoms with Gasteiger partial charge < -0.3 is 24.0 Å². The van der Waals surface area contributed by atoms with Crippen molar-refractivity contribution >= 4 is 19.8 Å². The molecule has 0 aromatic carbocycles. The minimum atomic E-state index is -4.65. The van der Waals surface area contributed by atoms with Crippen molar-refractivity contribution in [2.45, 2.75) is 38.8 Å². The molecular formula is C9H15O9P. The Labute approximate surface area is 109 Å². The topological polar surface area (TPSA) is 129 Å². The van der Waals surface area contributed by atoms with Crippen LogP contribution in [0.4, 0.5) is 0 Å². The van der Waals surface area contributed by atoms with Gasteiger partial charge in [-0.1, -0.05) is 0 Å². The van der Waals surface area contributed by atoms with Crippen molar-refractivity contribution in [3.05, 3.63) is 0 Å². The first kappa shape index (κ1) is 16.1. The zero-order valence-electron chi connectivity index (χ0n) is 10.3. The SMILES string of the molecule is CC(=O)OC1C[C@H](OC(C)=O)[C@@H](COP(=O)(O)O)O1. The molecule has 0 bridgehead atoms. The predicted molar refractivity (Wildman–Crippen MR) is 58.6 cm³/mol. The zero-order chi connectivity index (χ0) is 14.6. The van der Waals surface area contributed by atoms with Crippen LogP contribution in [0.1, 0.15) is 20.3 Å². The van der Waals surface area contributed by atoms with Crippen LogP contribution in [-0.4, -0.2) is 46.8 Å². The fourth-order valence-corrected chi connectivity index (χ4v) is 1.94. The van der Waals surface area contributed by atoms with Gasteiger partial charge in [-0.25, -0.2) is 4.57 Å². The van der Waals surface area contributed by atoms with Crippen LogP contribution in [0.2, 0.25) is 0 Å². The summed E-state index contributed by atoms with van der Waals surface area (Å²) in [5.41, 5.74) is 0. The van der Waals surface area contributed by atoms with Crippen molar-refractivity contribution in [3.8, 4) is 0 Å². The molecule has 19 heavy (non-hydrogen) atoms. The second-order valence-corrected chi connectivity index (χ2v) is 5.12. The third-order valence-electron chi connectivity index (χ3n) is 2.19. The van der Waals surface area contributed by atoms with E-state index in [1.165, 1.54) is 13.8 Å². The van der Waals surface area contributed by atoms with Crippen LogP contribution in [0.5, 0.6) is 0 Å². The standard InChI is InChI=1S/C9H15O9P/c1-5(10)16-7-3-9(17-6(2)11)18-8(7)4-15-19(12,13)14/h7-9H,3-4H2,1-2H3,(H2,12,13,14)/t7-,8+,9?/m0/s1. The Kier molecular flexibility index (Phi) is 5.45. The predicted octanol–water partition coefficient (Wildman–Crippen LogP) is -0.294. The van der Waals surface area contributed by atoms with Crippen molar-refractivity contribution in [2.24, 2.45) is 0 Å². The average molecular weight is 298 g/mol. The number of phosphoric acid groups is 1. The molecule has 9 nitrogen and oxygen atoms in total. The van der Waals surface area contributed by atoms with Gasteiger partial charge in [0.1, 0.15) is 12.2 Å². The summed E-state index contributed by atoms with van der Waals surface area (Å²) in [6, 6.07) is 0. The van der Waals surface area contributed by atoms with E-state index in [-0.39, 0.29) is 6.42 Å². The van der Waals surface area contributed by atoms with Gasteiger partial charge in [-0.3, -0.25) is 14.1 Å². The van der Waals surface area contributed by atoms with Gasteiger partial charge in [0.05, 0.1) is 13.0 Å². The molecule has 2 N–H and O–H groups in total. The van der Waals surface area contributed by atoms with E-state index < -0.39 is 44.9 Å². The summed E-state index contributed by atoms with van der Waals surface area (Å²) in [6.45, 7) is 1.88. The van der Waals surface area contributed by atoms with Gasteiger partial charge in [0, 0.05) is 13.8 Å². The van der Waals surface area contributed by atoms with E-state index in [1.54, 1.807) is 0 Å². The third kappa shape index (κ3) is 6.13. The second-order valence-electron chi connectivity index (χ2n) is 3.88. The first-order valence-electron chi connectivity index (χ1n) is 5.37. The lowest BCUT2D eigenvalue weighted by Gasteiger charge is -2.17. The van der Waals surface area contributed by atoms with Gasteiger partial charge in [0.15, 0.2) is 0 Å². The van der Waals surface area contributed by atoms with Crippen LogP contribution in [-0.2, 0) is 32.9 Å². The summed E-state index contributed by atoms with van der Waals surface area (Å²) < 4.78 is 29.8. The highest BCUT2D eigenvalue weighted by Gasteiger charge is 2.40. The minimum Gasteiger partial charge on any atom is -0.459 e. The number of carbonyl (C=O) groups is 2. The molecule has 1 saturated heterocycles. The van der Waals surface area contributed by atoms with Gasteiger partial charge in [-0.2, -0.15) is 0 Å². The summed E-state index contributed by atoms with van der Waals surface area (Å²) in [7, 11) is -4.65. The van der Waals surface area contributed by atoms with E-state index in [2.05, 4.69) is 4.52 Å². The lowest BCUT2D eigenvalue weighted by atomic mass is 10.2. The van der Waals surface area contributed by atoms with Crippen molar-refractivity contribution in [3.63, 3.8) is 0 Å². The number of hydrogen-bond donors (Lipinski definition) is 2. The molecule has 0 amide bonds. The van der Waals surface area contributed by atoms with E-state index in [0.717, 1.165) is 0 Å². The molecule has 0 aliphatic carbocycles. The fraction of sp³-hybridized carbons (Fsp3) is 0.778. The molecule has 3 atom stereocenters. The summed E-state index contributed by atoms with van der Waals surface area (Å²) in [6.07, 6.45) is -2.57. The number of hydrogen-bond acceptors (Lipinski definition) is 7. The molecular weight excluding hydrogens is 283 g/mol. The Bertz CT molecular complexity index is 389. The highest BCUT2D eigenvalue weighted by atomic mass is 31.2. The molecule has 0 aromatic rings. The third-order valence-corrected chi connectivity index (χ3v) is 2.67. The van der Waals surface area contributed by atoms with E-state index in [4.69, 9.17) is 24.0 Å². The molecule has 10 heteroatoms. The van der Waals surface area contributed by atoms with Crippen molar-refractivity contribution in [1.82, 2.24) is 0 Å². The number of rotatable bonds is 5. The lowest BCUT2D eigenvalue weighted by Crippen LogP contribution is -2.30. The van der Waals surface area contributed by atoms with Gasteiger partial charge >= 0.3 is 19.8 Å². The quantitative estimate of drug-likeness (QED) is 0.519. The molecule has 0 aromatic heterocycles. The molecule has 1 rings (SSSR count). The molecule has 1 aliphatic heterocycles. The number of phosphoric ester groups is 1. The Balaban J connectivity index is 2.60. The van der Waals surface area contributed by atoms with E-state index >= 15 is 0 Å². The first-order valence-corrected chi connectivity index (χ1v) is 6.90. The number of carbonyl (C=O) groups excluding carboxylic acids is 2. The average Bonchev–Trinajstić information content (AvgIpc) is 2.54. The molecule has 1 aliphatic rings. The van der Waals surface area contributed by atoms with Crippen LogP contribution in [0.3, 0.4) is 0 Å². The summed E-state index contributed by atoms with van der Waals surface area (Å²) >= 11 is 0. The van der Waals surface area contributed by atoms with Gasteiger partial charge in [0.25, 0.3) is 0 Å². The maximum atomic E-state index is 10.9. The van der Waals surface area contributed by atoms with Crippen LogP contribution >= 0.6 is 7.82 Å². The van der Waals surface area contributed by atoms with Crippen molar-refractivity contribution < 1.29 is 42.7 Å². The molecule has 110 valence electrons. The molecule has 0 radical (unpaired) electrons. The Hall–Kier alpha value is -0.990. The highest BCUT2D eigenvalue weighted by molar-refractivity contribution is 7.46. The highest BCUT2D eigenvalue weighted by Crippen LogP contribution is 2.37. The van der Waals surface area contributed by atoms with E-state index in [0.29, 0.717) is 0 Å². The number of ether oxygens (including phenoxy) is 3. The van der Waals surface area contributed by atoms with Crippen molar-refractivity contribution in [1.29, 1.82) is 0 Å². The van der Waals surface area contributed by atoms with Gasteiger partial charge in [0.2, 0.25) is 6.29 Å². The molecule has 0 spiro atoms. The van der Waals surface area contributed by atoms with Crippen LogP contribution in [0.25, 0.3) is 0 Å². The Morgan fingerprint density at radius 1 is 1.26 bits per heavy atom. The minimum absolute atomic E-state index is 0.0777. The Morgan fingerprint density at radius 3 is 2.32 bits per heavy atom. The molecule has 1 heterocycles. The molecule has 0 saturated carbocycles.